The molecular weight excluding hydrogens is 331 g/mol. The highest BCUT2D eigenvalue weighted by molar-refractivity contribution is 7.89. The van der Waals surface area contributed by atoms with Gasteiger partial charge in [0.2, 0.25) is 15.9 Å². The lowest BCUT2D eigenvalue weighted by Crippen LogP contribution is -2.35. The molecule has 110 valence electrons. The van der Waals surface area contributed by atoms with Gasteiger partial charge in [-0.1, -0.05) is 23.2 Å². The van der Waals surface area contributed by atoms with Crippen LogP contribution < -0.4 is 10.0 Å². The zero-order valence-electron chi connectivity index (χ0n) is 10.1. The first-order valence-corrected chi connectivity index (χ1v) is 7.35. The van der Waals surface area contributed by atoms with Crippen LogP contribution in [-0.4, -0.2) is 39.0 Å². The van der Waals surface area contributed by atoms with Crippen LogP contribution in [0.1, 0.15) is 10.4 Å². The molecule has 0 atom stereocenters. The second-order valence-electron chi connectivity index (χ2n) is 3.57. The number of aromatic carboxylic acids is 1. The maximum atomic E-state index is 12.0. The molecule has 1 aromatic rings. The van der Waals surface area contributed by atoms with E-state index in [-0.39, 0.29) is 5.02 Å². The van der Waals surface area contributed by atoms with Crippen molar-refractivity contribution in [3.8, 4) is 0 Å². The third-order valence-electron chi connectivity index (χ3n) is 2.23. The van der Waals surface area contributed by atoms with E-state index in [9.17, 15) is 18.0 Å². The number of benzene rings is 1. The normalized spacial score (nSPS) is 11.2. The van der Waals surface area contributed by atoms with Crippen LogP contribution in [0.5, 0.6) is 0 Å². The lowest BCUT2D eigenvalue weighted by atomic mass is 10.2. The molecule has 3 N–H and O–H groups in total. The van der Waals surface area contributed by atoms with Crippen LogP contribution in [0.2, 0.25) is 10.0 Å². The van der Waals surface area contributed by atoms with E-state index in [0.717, 1.165) is 12.1 Å². The van der Waals surface area contributed by atoms with Crippen LogP contribution >= 0.6 is 23.2 Å². The summed E-state index contributed by atoms with van der Waals surface area (Å²) in [4.78, 5) is 21.5. The number of sulfonamides is 1. The largest absolute Gasteiger partial charge is 0.478 e. The fourth-order valence-corrected chi connectivity index (χ4v) is 3.12. The Hall–Kier alpha value is -1.35. The average Bonchev–Trinajstić information content (AvgIpc) is 2.37. The fraction of sp³-hybridized carbons (Fsp3) is 0.200. The Balaban J connectivity index is 3.25. The molecule has 0 saturated heterocycles. The number of carbonyl (C=O) groups excluding carboxylic acids is 1. The Morgan fingerprint density at radius 3 is 2.40 bits per heavy atom. The Morgan fingerprint density at radius 2 is 1.90 bits per heavy atom. The topological polar surface area (TPSA) is 113 Å². The van der Waals surface area contributed by atoms with Crippen molar-refractivity contribution in [3.63, 3.8) is 0 Å². The lowest BCUT2D eigenvalue weighted by Gasteiger charge is -2.10. The van der Waals surface area contributed by atoms with Crippen molar-refractivity contribution in [1.29, 1.82) is 0 Å². The lowest BCUT2D eigenvalue weighted by molar-refractivity contribution is -0.119. The summed E-state index contributed by atoms with van der Waals surface area (Å²) in [5.74, 6) is -1.98. The number of carbonyl (C=O) groups is 2. The summed E-state index contributed by atoms with van der Waals surface area (Å²) < 4.78 is 25.9. The molecule has 1 amide bonds. The molecule has 1 rings (SSSR count). The third kappa shape index (κ3) is 3.83. The summed E-state index contributed by atoms with van der Waals surface area (Å²) in [6.45, 7) is -0.510. The van der Waals surface area contributed by atoms with Crippen LogP contribution in [-0.2, 0) is 14.8 Å². The Kier molecular flexibility index (Phi) is 5.35. The Morgan fingerprint density at radius 1 is 1.30 bits per heavy atom. The van der Waals surface area contributed by atoms with Crippen LogP contribution in [0.3, 0.4) is 0 Å². The second-order valence-corrected chi connectivity index (χ2v) is 6.12. The quantitative estimate of drug-likeness (QED) is 0.730. The zero-order valence-corrected chi connectivity index (χ0v) is 12.4. The van der Waals surface area contributed by atoms with E-state index in [2.05, 4.69) is 5.32 Å². The molecule has 0 radical (unpaired) electrons. The maximum Gasteiger partial charge on any atom is 0.337 e. The van der Waals surface area contributed by atoms with Crippen LogP contribution in [0, 0.1) is 0 Å². The first-order chi connectivity index (χ1) is 9.19. The number of likely N-dealkylation sites (N-methyl/N-ethyl adjacent to an activating group) is 1. The molecule has 20 heavy (non-hydrogen) atoms. The van der Waals surface area contributed by atoms with Gasteiger partial charge in [0, 0.05) is 12.1 Å². The highest BCUT2D eigenvalue weighted by Crippen LogP contribution is 2.29. The van der Waals surface area contributed by atoms with Gasteiger partial charge in [0.1, 0.15) is 4.90 Å². The zero-order chi connectivity index (χ0) is 15.5. The molecule has 0 bridgehead atoms. The van der Waals surface area contributed by atoms with Crippen LogP contribution in [0.15, 0.2) is 17.0 Å². The predicted octanol–water partition coefficient (Wildman–Crippen LogP) is 0.716. The van der Waals surface area contributed by atoms with E-state index in [0.29, 0.717) is 0 Å². The summed E-state index contributed by atoms with van der Waals surface area (Å²) in [6, 6.07) is 2.03. The molecule has 0 fully saturated rings. The van der Waals surface area contributed by atoms with Crippen molar-refractivity contribution < 1.29 is 23.1 Å². The number of rotatable bonds is 5. The van der Waals surface area contributed by atoms with Gasteiger partial charge in [-0.15, -0.1) is 0 Å². The summed E-state index contributed by atoms with van der Waals surface area (Å²) in [5.41, 5.74) is -0.445. The van der Waals surface area contributed by atoms with E-state index in [1.165, 1.54) is 7.05 Å². The monoisotopic (exact) mass is 340 g/mol. The number of hydrogen-bond acceptors (Lipinski definition) is 4. The van der Waals surface area contributed by atoms with E-state index in [1.807, 2.05) is 4.72 Å². The van der Waals surface area contributed by atoms with Gasteiger partial charge < -0.3 is 10.4 Å². The smallest absolute Gasteiger partial charge is 0.337 e. The van der Waals surface area contributed by atoms with Crippen molar-refractivity contribution in [3.05, 3.63) is 27.7 Å². The molecule has 0 aliphatic heterocycles. The first-order valence-electron chi connectivity index (χ1n) is 5.11. The van der Waals surface area contributed by atoms with Crippen molar-refractivity contribution in [1.82, 2.24) is 10.0 Å². The number of carboxylic acids is 1. The van der Waals surface area contributed by atoms with Crippen LogP contribution in [0.25, 0.3) is 0 Å². The van der Waals surface area contributed by atoms with Gasteiger partial charge in [0.15, 0.2) is 0 Å². The number of halogens is 2. The van der Waals surface area contributed by atoms with Crippen molar-refractivity contribution in [2.24, 2.45) is 0 Å². The van der Waals surface area contributed by atoms with E-state index >= 15 is 0 Å². The van der Waals surface area contributed by atoms with E-state index < -0.39 is 43.9 Å². The van der Waals surface area contributed by atoms with Gasteiger partial charge in [0.25, 0.3) is 0 Å². The van der Waals surface area contributed by atoms with Crippen molar-refractivity contribution >= 4 is 45.1 Å². The predicted molar refractivity (Wildman–Crippen MR) is 72.7 cm³/mol. The third-order valence-corrected chi connectivity index (χ3v) is 4.39. The molecule has 0 aliphatic rings. The minimum Gasteiger partial charge on any atom is -0.478 e. The van der Waals surface area contributed by atoms with Gasteiger partial charge in [-0.3, -0.25) is 4.79 Å². The van der Waals surface area contributed by atoms with Gasteiger partial charge in [0.05, 0.1) is 17.1 Å². The van der Waals surface area contributed by atoms with E-state index in [1.54, 1.807) is 0 Å². The summed E-state index contributed by atoms with van der Waals surface area (Å²) in [5, 5.41) is 10.6. The standard InChI is InChI=1S/C10H10Cl2N2O5S/c1-13-8(15)4-14-20(18,19)7-3-5(11)2-6(9(7)12)10(16)17/h2-3,14H,4H2,1H3,(H,13,15)(H,16,17). The minimum atomic E-state index is -4.17. The highest BCUT2D eigenvalue weighted by atomic mass is 35.5. The van der Waals surface area contributed by atoms with Crippen LogP contribution in [0.4, 0.5) is 0 Å². The first kappa shape index (κ1) is 16.7. The summed E-state index contributed by atoms with van der Waals surface area (Å²) in [6.07, 6.45) is 0. The molecule has 1 aromatic carbocycles. The molecule has 0 saturated carbocycles. The molecular formula is C10H10Cl2N2O5S. The average molecular weight is 341 g/mol. The number of amides is 1. The minimum absolute atomic E-state index is 0.105. The molecule has 0 aromatic heterocycles. The number of nitrogens with one attached hydrogen (secondary N) is 2. The molecule has 0 aliphatic carbocycles. The van der Waals surface area contributed by atoms with Gasteiger partial charge in [-0.05, 0) is 12.1 Å². The molecule has 10 heteroatoms. The van der Waals surface area contributed by atoms with Crippen molar-refractivity contribution in [2.75, 3.05) is 13.6 Å². The SMILES string of the molecule is CNC(=O)CNS(=O)(=O)c1cc(Cl)cc(C(=O)O)c1Cl. The highest BCUT2D eigenvalue weighted by Gasteiger charge is 2.24. The fourth-order valence-electron chi connectivity index (χ4n) is 1.24. The number of carboxylic acid groups (broad SMARTS) is 1. The number of hydrogen-bond donors (Lipinski definition) is 3. The summed E-state index contributed by atoms with van der Waals surface area (Å²) >= 11 is 11.4. The van der Waals surface area contributed by atoms with Gasteiger partial charge in [-0.2, -0.15) is 0 Å². The molecule has 0 spiro atoms. The Bertz CT molecular complexity index is 660. The van der Waals surface area contributed by atoms with Gasteiger partial charge >= 0.3 is 5.97 Å². The summed E-state index contributed by atoms with van der Waals surface area (Å²) in [7, 11) is -2.83. The molecule has 0 heterocycles. The molecule has 0 unspecified atom stereocenters. The molecule has 7 nitrogen and oxygen atoms in total. The Labute approximate surface area is 124 Å². The second kappa shape index (κ2) is 6.40. The van der Waals surface area contributed by atoms with Crippen molar-refractivity contribution in [2.45, 2.75) is 4.90 Å². The maximum absolute atomic E-state index is 12.0. The van der Waals surface area contributed by atoms with Gasteiger partial charge in [-0.25, -0.2) is 17.9 Å². The van der Waals surface area contributed by atoms with E-state index in [4.69, 9.17) is 28.3 Å².